The Bertz CT molecular complexity index is 1380. The zero-order valence-electron chi connectivity index (χ0n) is 47.4. The number of carbonyl (C=O) groups is 3. The van der Waals surface area contributed by atoms with Gasteiger partial charge in [-0.1, -0.05) is 279 Å². The van der Waals surface area contributed by atoms with E-state index in [0.29, 0.717) is 19.3 Å². The van der Waals surface area contributed by atoms with E-state index in [2.05, 4.69) is 106 Å². The maximum atomic E-state index is 12.8. The zero-order valence-corrected chi connectivity index (χ0v) is 47.4. The topological polar surface area (TPSA) is 78.9 Å². The van der Waals surface area contributed by atoms with Crippen LogP contribution in [0, 0.1) is 0 Å². The lowest BCUT2D eigenvalue weighted by atomic mass is 10.0. The summed E-state index contributed by atoms with van der Waals surface area (Å²) in [7, 11) is 0. The molecule has 0 aromatic carbocycles. The minimum atomic E-state index is -0.812. The number of ether oxygens (including phenoxy) is 3. The smallest absolute Gasteiger partial charge is 0.306 e. The van der Waals surface area contributed by atoms with E-state index in [9.17, 15) is 14.4 Å². The minimum absolute atomic E-state index is 0.102. The van der Waals surface area contributed by atoms with Crippen LogP contribution in [0.5, 0.6) is 0 Å². The van der Waals surface area contributed by atoms with Gasteiger partial charge in [-0.3, -0.25) is 14.4 Å². The first kappa shape index (κ1) is 68.6. The van der Waals surface area contributed by atoms with Crippen molar-refractivity contribution < 1.29 is 28.6 Å². The number of esters is 3. The lowest BCUT2D eigenvalue weighted by Gasteiger charge is -2.18. The van der Waals surface area contributed by atoms with Gasteiger partial charge in [-0.2, -0.15) is 0 Å². The number of rotatable bonds is 55. The molecule has 1 atom stereocenters. The predicted molar refractivity (Wildman–Crippen MR) is 311 cm³/mol. The second-order valence-corrected chi connectivity index (χ2v) is 20.2. The summed E-state index contributed by atoms with van der Waals surface area (Å²) in [5.41, 5.74) is 0. The molecule has 6 heteroatoms. The van der Waals surface area contributed by atoms with Gasteiger partial charge in [0.2, 0.25) is 0 Å². The molecule has 0 amide bonds. The van der Waals surface area contributed by atoms with Crippen molar-refractivity contribution in [3.63, 3.8) is 0 Å². The SMILES string of the molecule is CC/C=C\C/C=C\C/C=C\C/C=C\C/C=C\CCCC(=O)OC(COC(=O)CCCCCCC/C=C\C/C=C\CCCC)COC(=O)CCCCCCCCCCCCCCCCCCCCCCCCC. The third-order valence-electron chi connectivity index (χ3n) is 13.1. The molecule has 0 bridgehead atoms. The Kier molecular flexibility index (Phi) is 57.3. The molecule has 0 saturated heterocycles. The lowest BCUT2D eigenvalue weighted by molar-refractivity contribution is -0.167. The van der Waals surface area contributed by atoms with Crippen molar-refractivity contribution in [3.8, 4) is 0 Å². The Morgan fingerprint density at radius 2 is 0.569 bits per heavy atom. The quantitative estimate of drug-likeness (QED) is 0.0261. The fraction of sp³-hybridized carbons (Fsp3) is 0.742. The number of hydrogen-bond acceptors (Lipinski definition) is 6. The number of unbranched alkanes of at least 4 members (excludes halogenated alkanes) is 30. The molecular formula is C66H114O6. The van der Waals surface area contributed by atoms with Crippen molar-refractivity contribution in [2.75, 3.05) is 13.2 Å². The fourth-order valence-corrected chi connectivity index (χ4v) is 8.56. The standard InChI is InChI=1S/C66H114O6/c1-4-7-10-13-16-19-22-25-28-30-31-32-33-34-35-37-38-41-44-47-50-53-56-59-65(68)71-62-63(61-70-64(67)58-55-52-49-46-43-40-27-24-21-18-15-12-9-6-3)72-66(69)60-57-54-51-48-45-42-39-36-29-26-23-20-17-14-11-8-5-2/h8,11,15,17-18,20,24,26-27,29,39,42,48,51,63H,4-7,9-10,12-14,16,19,21-23,25,28,30-38,40-41,43-47,49-50,52-62H2,1-3H3/b11-8-,18-15-,20-17-,27-24-,29-26-,42-39-,51-48-. The normalized spacial score (nSPS) is 12.7. The summed E-state index contributed by atoms with van der Waals surface area (Å²) in [6, 6.07) is 0. The number of allylic oxidation sites excluding steroid dienone is 14. The molecule has 0 aromatic heterocycles. The number of carbonyl (C=O) groups excluding carboxylic acids is 3. The van der Waals surface area contributed by atoms with E-state index in [4.69, 9.17) is 14.2 Å². The van der Waals surface area contributed by atoms with Crippen molar-refractivity contribution in [2.24, 2.45) is 0 Å². The summed E-state index contributed by atoms with van der Waals surface area (Å²) >= 11 is 0. The average Bonchev–Trinajstić information content (AvgIpc) is 3.38. The van der Waals surface area contributed by atoms with E-state index in [1.54, 1.807) is 0 Å². The van der Waals surface area contributed by atoms with Gasteiger partial charge < -0.3 is 14.2 Å². The van der Waals surface area contributed by atoms with Gasteiger partial charge in [-0.05, 0) is 83.5 Å². The molecule has 0 heterocycles. The van der Waals surface area contributed by atoms with Crippen LogP contribution in [-0.2, 0) is 28.6 Å². The molecule has 0 fully saturated rings. The molecule has 0 N–H and O–H groups in total. The molecule has 0 aliphatic carbocycles. The Labute approximate surface area is 445 Å². The lowest BCUT2D eigenvalue weighted by Crippen LogP contribution is -2.30. The summed E-state index contributed by atoms with van der Waals surface area (Å²) in [5, 5.41) is 0. The van der Waals surface area contributed by atoms with Crippen molar-refractivity contribution >= 4 is 17.9 Å². The molecular weight excluding hydrogens is 889 g/mol. The predicted octanol–water partition coefficient (Wildman–Crippen LogP) is 20.7. The van der Waals surface area contributed by atoms with Gasteiger partial charge in [0.1, 0.15) is 13.2 Å². The van der Waals surface area contributed by atoms with E-state index in [-0.39, 0.29) is 37.5 Å². The summed E-state index contributed by atoms with van der Waals surface area (Å²) in [6.07, 6.45) is 78.8. The first-order valence-electron chi connectivity index (χ1n) is 30.6. The third kappa shape index (κ3) is 57.5. The zero-order chi connectivity index (χ0) is 52.2. The Balaban J connectivity index is 4.38. The second kappa shape index (κ2) is 60.1. The van der Waals surface area contributed by atoms with Crippen LogP contribution in [0.15, 0.2) is 85.1 Å². The monoisotopic (exact) mass is 1000 g/mol. The fourth-order valence-electron chi connectivity index (χ4n) is 8.56. The van der Waals surface area contributed by atoms with Crippen LogP contribution in [0.4, 0.5) is 0 Å². The van der Waals surface area contributed by atoms with Crippen LogP contribution < -0.4 is 0 Å². The van der Waals surface area contributed by atoms with Crippen molar-refractivity contribution in [1.29, 1.82) is 0 Å². The summed E-state index contributed by atoms with van der Waals surface area (Å²) in [6.45, 7) is 6.46. The maximum Gasteiger partial charge on any atom is 0.306 e. The van der Waals surface area contributed by atoms with Crippen LogP contribution in [0.2, 0.25) is 0 Å². The van der Waals surface area contributed by atoms with Crippen LogP contribution in [0.1, 0.15) is 297 Å². The first-order chi connectivity index (χ1) is 35.5. The van der Waals surface area contributed by atoms with Crippen molar-refractivity contribution in [1.82, 2.24) is 0 Å². The molecule has 414 valence electrons. The molecule has 72 heavy (non-hydrogen) atoms. The highest BCUT2D eigenvalue weighted by Gasteiger charge is 2.19. The van der Waals surface area contributed by atoms with Gasteiger partial charge in [-0.15, -0.1) is 0 Å². The van der Waals surface area contributed by atoms with E-state index in [1.807, 2.05) is 0 Å². The Morgan fingerprint density at radius 3 is 0.931 bits per heavy atom. The molecule has 0 rings (SSSR count). The van der Waals surface area contributed by atoms with Crippen molar-refractivity contribution in [2.45, 2.75) is 303 Å². The highest BCUT2D eigenvalue weighted by atomic mass is 16.6. The second-order valence-electron chi connectivity index (χ2n) is 20.2. The van der Waals surface area contributed by atoms with Gasteiger partial charge >= 0.3 is 17.9 Å². The molecule has 0 aliphatic heterocycles. The molecule has 6 nitrogen and oxygen atoms in total. The van der Waals surface area contributed by atoms with Crippen molar-refractivity contribution in [3.05, 3.63) is 85.1 Å². The third-order valence-corrected chi connectivity index (χ3v) is 13.1. The van der Waals surface area contributed by atoms with Crippen LogP contribution in [0.3, 0.4) is 0 Å². The van der Waals surface area contributed by atoms with E-state index in [1.165, 1.54) is 148 Å². The van der Waals surface area contributed by atoms with E-state index < -0.39 is 6.10 Å². The highest BCUT2D eigenvalue weighted by Crippen LogP contribution is 2.17. The average molecular weight is 1000 g/mol. The van der Waals surface area contributed by atoms with Gasteiger partial charge in [0.05, 0.1) is 0 Å². The van der Waals surface area contributed by atoms with E-state index in [0.717, 1.165) is 103 Å². The van der Waals surface area contributed by atoms with Crippen LogP contribution in [0.25, 0.3) is 0 Å². The molecule has 0 aromatic rings. The summed E-state index contributed by atoms with van der Waals surface area (Å²) in [4.78, 5) is 38.2. The Hall–Kier alpha value is -3.41. The number of hydrogen-bond donors (Lipinski definition) is 0. The molecule has 0 aliphatic rings. The van der Waals surface area contributed by atoms with Gasteiger partial charge in [0, 0.05) is 19.3 Å². The largest absolute Gasteiger partial charge is 0.462 e. The highest BCUT2D eigenvalue weighted by molar-refractivity contribution is 5.71. The van der Waals surface area contributed by atoms with Gasteiger partial charge in [0.15, 0.2) is 6.10 Å². The summed E-state index contributed by atoms with van der Waals surface area (Å²) < 4.78 is 16.8. The van der Waals surface area contributed by atoms with E-state index >= 15 is 0 Å². The molecule has 0 spiro atoms. The molecule has 0 radical (unpaired) electrons. The summed E-state index contributed by atoms with van der Waals surface area (Å²) in [5.74, 6) is -0.965. The molecule has 0 saturated carbocycles. The maximum absolute atomic E-state index is 12.8. The van der Waals surface area contributed by atoms with Crippen LogP contribution >= 0.6 is 0 Å². The van der Waals surface area contributed by atoms with Crippen LogP contribution in [-0.4, -0.2) is 37.2 Å². The minimum Gasteiger partial charge on any atom is -0.462 e. The molecule has 1 unspecified atom stereocenters. The van der Waals surface area contributed by atoms with Gasteiger partial charge in [-0.25, -0.2) is 0 Å². The van der Waals surface area contributed by atoms with Gasteiger partial charge in [0.25, 0.3) is 0 Å². The first-order valence-corrected chi connectivity index (χ1v) is 30.6. The Morgan fingerprint density at radius 1 is 0.292 bits per heavy atom.